The van der Waals surface area contributed by atoms with Crippen molar-refractivity contribution in [2.45, 2.75) is 38.5 Å². The van der Waals surface area contributed by atoms with Crippen molar-refractivity contribution in [3.05, 3.63) is 73.6 Å². The summed E-state index contributed by atoms with van der Waals surface area (Å²) in [5.74, 6) is 1.77. The summed E-state index contributed by atoms with van der Waals surface area (Å²) in [4.78, 5) is 0. The summed E-state index contributed by atoms with van der Waals surface area (Å²) >= 11 is -0.826. The average molecular weight is 429 g/mol. The van der Waals surface area contributed by atoms with E-state index in [1.54, 1.807) is 11.1 Å². The van der Waals surface area contributed by atoms with Gasteiger partial charge >= 0.3 is 37.9 Å². The van der Waals surface area contributed by atoms with E-state index in [4.69, 9.17) is 17.0 Å². The molecule has 124 valence electrons. The van der Waals surface area contributed by atoms with Crippen molar-refractivity contribution < 1.29 is 20.8 Å². The molecule has 23 heavy (non-hydrogen) atoms. The van der Waals surface area contributed by atoms with Crippen LogP contribution in [0.3, 0.4) is 0 Å². The third-order valence-corrected chi connectivity index (χ3v) is 4.42. The minimum absolute atomic E-state index is 0.826. The van der Waals surface area contributed by atoms with Gasteiger partial charge in [0.15, 0.2) is 0 Å². The zero-order valence-electron chi connectivity index (χ0n) is 13.7. The topological polar surface area (TPSA) is 0 Å². The van der Waals surface area contributed by atoms with Gasteiger partial charge in [0.2, 0.25) is 0 Å². The Bertz CT molecular complexity index is 409. The summed E-state index contributed by atoms with van der Waals surface area (Å²) in [6.07, 6.45) is 26.1. The molecule has 0 amide bonds. The van der Waals surface area contributed by atoms with Crippen LogP contribution in [0.5, 0.6) is 0 Å². The van der Waals surface area contributed by atoms with Crippen molar-refractivity contribution in [2.24, 2.45) is 11.8 Å². The molecule has 0 aromatic heterocycles. The Kier molecular flexibility index (Phi) is 12.0. The molecule has 2 saturated carbocycles. The number of allylic oxidation sites excluding steroid dienone is 8. The van der Waals surface area contributed by atoms with Crippen LogP contribution in [0, 0.1) is 24.7 Å². The van der Waals surface area contributed by atoms with E-state index < -0.39 is 20.8 Å². The molecule has 2 atom stereocenters. The van der Waals surface area contributed by atoms with Gasteiger partial charge in [-0.3, -0.25) is 0 Å². The second-order valence-corrected chi connectivity index (χ2v) is 9.42. The van der Waals surface area contributed by atoms with Gasteiger partial charge in [0.05, 0.1) is 0 Å². The van der Waals surface area contributed by atoms with Crippen LogP contribution in [-0.4, -0.2) is 0 Å². The normalized spacial score (nSPS) is 25.0. The van der Waals surface area contributed by atoms with Gasteiger partial charge in [0.25, 0.3) is 0 Å². The number of fused-ring (bicyclic) bond motifs is 2. The van der Waals surface area contributed by atoms with Gasteiger partial charge in [0.1, 0.15) is 0 Å². The molecule has 0 aromatic rings. The van der Waals surface area contributed by atoms with E-state index in [-0.39, 0.29) is 0 Å². The van der Waals surface area contributed by atoms with Gasteiger partial charge in [-0.25, -0.2) is 36.1 Å². The SMILES string of the molecule is C1=CCC2CC[CH-]C2=C1.C1=CCC2CC[CH-]C2=C1.C=C.[Cl][Zr+2][Cl]. The number of rotatable bonds is 0. The molecular formula is C20H26Cl2Zr. The summed E-state index contributed by atoms with van der Waals surface area (Å²) in [6, 6.07) is 0. The van der Waals surface area contributed by atoms with Gasteiger partial charge < -0.3 is 0 Å². The maximum atomic E-state index is 4.93. The summed E-state index contributed by atoms with van der Waals surface area (Å²) in [7, 11) is 9.87. The first kappa shape index (κ1) is 20.9. The zero-order chi connectivity index (χ0) is 16.9. The van der Waals surface area contributed by atoms with Crippen molar-refractivity contribution in [3.8, 4) is 0 Å². The fourth-order valence-electron chi connectivity index (χ4n) is 3.33. The molecule has 2 fully saturated rings. The molecule has 0 spiro atoms. The van der Waals surface area contributed by atoms with Crippen LogP contribution in [0.2, 0.25) is 0 Å². The summed E-state index contributed by atoms with van der Waals surface area (Å²) in [5.41, 5.74) is 3.16. The molecule has 0 nitrogen and oxygen atoms in total. The van der Waals surface area contributed by atoms with Crippen LogP contribution in [0.4, 0.5) is 0 Å². The summed E-state index contributed by atoms with van der Waals surface area (Å²) in [6.45, 7) is 6.00. The molecule has 2 unspecified atom stereocenters. The molecule has 0 bridgehead atoms. The van der Waals surface area contributed by atoms with Crippen LogP contribution < -0.4 is 0 Å². The van der Waals surface area contributed by atoms with E-state index in [0.29, 0.717) is 0 Å². The Labute approximate surface area is 161 Å². The Balaban J connectivity index is 0.000000181. The second-order valence-electron chi connectivity index (χ2n) is 5.69. The van der Waals surface area contributed by atoms with Gasteiger partial charge in [0, 0.05) is 0 Å². The molecular weight excluding hydrogens is 402 g/mol. The van der Waals surface area contributed by atoms with Crippen molar-refractivity contribution in [1.82, 2.24) is 0 Å². The molecule has 4 aliphatic carbocycles. The molecule has 3 heteroatoms. The number of halogens is 2. The molecule has 4 rings (SSSR count). The first-order chi connectivity index (χ1) is 11.3. The van der Waals surface area contributed by atoms with E-state index in [0.717, 1.165) is 11.8 Å². The Morgan fingerprint density at radius 1 is 0.870 bits per heavy atom. The summed E-state index contributed by atoms with van der Waals surface area (Å²) < 4.78 is 0. The fourth-order valence-corrected chi connectivity index (χ4v) is 3.33. The third-order valence-electron chi connectivity index (χ3n) is 4.42. The molecule has 0 N–H and O–H groups in total. The van der Waals surface area contributed by atoms with Crippen LogP contribution >= 0.6 is 17.0 Å². The van der Waals surface area contributed by atoms with Crippen molar-refractivity contribution in [3.63, 3.8) is 0 Å². The third kappa shape index (κ3) is 7.55. The quantitative estimate of drug-likeness (QED) is 0.284. The average Bonchev–Trinajstić information content (AvgIpc) is 3.27. The van der Waals surface area contributed by atoms with Gasteiger partial charge in [-0.1, -0.05) is 12.8 Å². The Morgan fingerprint density at radius 3 is 1.61 bits per heavy atom. The Morgan fingerprint density at radius 2 is 1.26 bits per heavy atom. The molecule has 0 aromatic carbocycles. The predicted molar refractivity (Wildman–Crippen MR) is 101 cm³/mol. The molecule has 4 aliphatic rings. The van der Waals surface area contributed by atoms with Gasteiger partial charge in [-0.2, -0.15) is 0 Å². The molecule has 0 aliphatic heterocycles. The second kappa shape index (κ2) is 13.2. The maximum absolute atomic E-state index is 4.93. The van der Waals surface area contributed by atoms with E-state index in [1.165, 1.54) is 38.5 Å². The fraction of sp³-hybridized carbons (Fsp3) is 0.400. The number of hydrogen-bond donors (Lipinski definition) is 0. The van der Waals surface area contributed by atoms with E-state index in [9.17, 15) is 0 Å². The Hall–Kier alpha value is -0.0969. The van der Waals surface area contributed by atoms with E-state index in [2.05, 4.69) is 62.5 Å². The van der Waals surface area contributed by atoms with Crippen LogP contribution in [0.15, 0.2) is 60.8 Å². The predicted octanol–water partition coefficient (Wildman–Crippen LogP) is 7.15. The summed E-state index contributed by atoms with van der Waals surface area (Å²) in [5, 5.41) is 0. The number of hydrogen-bond acceptors (Lipinski definition) is 0. The zero-order valence-corrected chi connectivity index (χ0v) is 17.7. The van der Waals surface area contributed by atoms with E-state index >= 15 is 0 Å². The van der Waals surface area contributed by atoms with Gasteiger partial charge in [-0.05, 0) is 24.7 Å². The van der Waals surface area contributed by atoms with Crippen LogP contribution in [-0.2, 0) is 20.8 Å². The first-order valence-electron chi connectivity index (χ1n) is 8.21. The monoisotopic (exact) mass is 426 g/mol. The molecule has 0 saturated heterocycles. The molecule has 0 radical (unpaired) electrons. The van der Waals surface area contributed by atoms with Crippen LogP contribution in [0.25, 0.3) is 0 Å². The van der Waals surface area contributed by atoms with Crippen LogP contribution in [0.1, 0.15) is 38.5 Å². The first-order valence-corrected chi connectivity index (χ1v) is 14.5. The standard InChI is InChI=1S/2C9H11.C2H4.2ClH.Zr/c2*1-2-5-9-7-3-6-8(9)4-1;1-2;;;/h2*1-2,4,6,9H,3,5,7H2;1-2H2;2*1H;/q2*-1;;;;+4/p-2. The minimum atomic E-state index is -0.826. The van der Waals surface area contributed by atoms with Crippen molar-refractivity contribution >= 4 is 17.0 Å². The van der Waals surface area contributed by atoms with Crippen molar-refractivity contribution in [1.29, 1.82) is 0 Å². The van der Waals surface area contributed by atoms with E-state index in [1.807, 2.05) is 0 Å². The van der Waals surface area contributed by atoms with Gasteiger partial charge in [-0.15, -0.1) is 50.3 Å². The van der Waals surface area contributed by atoms with Crippen molar-refractivity contribution in [2.75, 3.05) is 0 Å². The molecule has 0 heterocycles.